The molecule has 1 saturated carbocycles. The monoisotopic (exact) mass is 187 g/mol. The molecule has 0 unspecified atom stereocenters. The highest BCUT2D eigenvalue weighted by Crippen LogP contribution is 2.20. The van der Waals surface area contributed by atoms with Crippen LogP contribution in [0.25, 0.3) is 0 Å². The first-order valence-electron chi connectivity index (χ1n) is 4.86. The van der Waals surface area contributed by atoms with Gasteiger partial charge in [0.25, 0.3) is 0 Å². The fourth-order valence-corrected chi connectivity index (χ4v) is 1.54. The van der Waals surface area contributed by atoms with E-state index in [0.29, 0.717) is 6.54 Å². The number of rotatable bonds is 2. The van der Waals surface area contributed by atoms with Gasteiger partial charge < -0.3 is 15.2 Å². The van der Waals surface area contributed by atoms with Crippen LogP contribution in [-0.2, 0) is 4.74 Å². The van der Waals surface area contributed by atoms with Gasteiger partial charge in [0.2, 0.25) is 0 Å². The van der Waals surface area contributed by atoms with Crippen LogP contribution in [-0.4, -0.2) is 30.0 Å². The van der Waals surface area contributed by atoms with E-state index in [4.69, 9.17) is 4.74 Å². The van der Waals surface area contributed by atoms with E-state index < -0.39 is 12.2 Å². The number of carbonyl (C=O) groups excluding carboxylic acids is 1. The van der Waals surface area contributed by atoms with Gasteiger partial charge in [-0.2, -0.15) is 0 Å². The van der Waals surface area contributed by atoms with Crippen molar-refractivity contribution >= 4 is 6.09 Å². The van der Waals surface area contributed by atoms with Gasteiger partial charge >= 0.3 is 6.09 Å². The van der Waals surface area contributed by atoms with E-state index in [2.05, 4.69) is 5.32 Å². The number of ether oxygens (including phenoxy) is 1. The summed E-state index contributed by atoms with van der Waals surface area (Å²) in [6, 6.07) is 0. The van der Waals surface area contributed by atoms with Gasteiger partial charge in [-0.1, -0.05) is 6.42 Å². The summed E-state index contributed by atoms with van der Waals surface area (Å²) in [6.45, 7) is 2.39. The molecule has 2 atom stereocenters. The summed E-state index contributed by atoms with van der Waals surface area (Å²) >= 11 is 0. The van der Waals surface area contributed by atoms with Gasteiger partial charge in [0.05, 0.1) is 6.10 Å². The first-order chi connectivity index (χ1) is 6.24. The molecule has 2 N–H and O–H groups in total. The highest BCUT2D eigenvalue weighted by Gasteiger charge is 2.25. The Bertz CT molecular complexity index is 172. The van der Waals surface area contributed by atoms with Crippen LogP contribution in [0.2, 0.25) is 0 Å². The SMILES string of the molecule is CCNC(=O)O[C@@H]1CCCC[C@@H]1O. The largest absolute Gasteiger partial charge is 0.443 e. The molecule has 4 heteroatoms. The van der Waals surface area contributed by atoms with Crippen molar-refractivity contribution < 1.29 is 14.6 Å². The van der Waals surface area contributed by atoms with E-state index in [0.717, 1.165) is 25.7 Å². The summed E-state index contributed by atoms with van der Waals surface area (Å²) in [5, 5.41) is 12.0. The summed E-state index contributed by atoms with van der Waals surface area (Å²) in [6.07, 6.45) is 2.37. The number of aliphatic hydroxyl groups excluding tert-OH is 1. The molecule has 4 nitrogen and oxygen atoms in total. The van der Waals surface area contributed by atoms with E-state index in [1.165, 1.54) is 0 Å². The number of nitrogens with one attached hydrogen (secondary N) is 1. The highest BCUT2D eigenvalue weighted by atomic mass is 16.6. The Balaban J connectivity index is 2.29. The zero-order valence-electron chi connectivity index (χ0n) is 7.95. The Kier molecular flexibility index (Phi) is 4.02. The van der Waals surface area contributed by atoms with E-state index in [1.54, 1.807) is 0 Å². The molecule has 0 radical (unpaired) electrons. The molecule has 0 spiro atoms. The van der Waals surface area contributed by atoms with Crippen LogP contribution in [0, 0.1) is 0 Å². The van der Waals surface area contributed by atoms with Crippen molar-refractivity contribution in [3.05, 3.63) is 0 Å². The molecule has 0 bridgehead atoms. The third-order valence-electron chi connectivity index (χ3n) is 2.25. The van der Waals surface area contributed by atoms with Crippen molar-refractivity contribution in [2.75, 3.05) is 6.54 Å². The van der Waals surface area contributed by atoms with Gasteiger partial charge in [0, 0.05) is 6.54 Å². The molecule has 1 aliphatic rings. The molecular weight excluding hydrogens is 170 g/mol. The Morgan fingerprint density at radius 1 is 1.54 bits per heavy atom. The fourth-order valence-electron chi connectivity index (χ4n) is 1.54. The molecule has 13 heavy (non-hydrogen) atoms. The lowest BCUT2D eigenvalue weighted by Gasteiger charge is -2.27. The van der Waals surface area contributed by atoms with Crippen LogP contribution in [0.3, 0.4) is 0 Å². The van der Waals surface area contributed by atoms with Gasteiger partial charge in [-0.05, 0) is 26.2 Å². The van der Waals surface area contributed by atoms with Gasteiger partial charge in [-0.25, -0.2) is 4.79 Å². The quantitative estimate of drug-likeness (QED) is 0.679. The minimum absolute atomic E-state index is 0.305. The van der Waals surface area contributed by atoms with Crippen molar-refractivity contribution in [3.8, 4) is 0 Å². The molecule has 0 aliphatic heterocycles. The van der Waals surface area contributed by atoms with E-state index in [-0.39, 0.29) is 6.10 Å². The number of alkyl carbamates (subject to hydrolysis) is 1. The number of aliphatic hydroxyl groups is 1. The predicted molar refractivity (Wildman–Crippen MR) is 48.4 cm³/mol. The van der Waals surface area contributed by atoms with Crippen molar-refractivity contribution in [3.63, 3.8) is 0 Å². The first kappa shape index (κ1) is 10.3. The smallest absolute Gasteiger partial charge is 0.407 e. The molecule has 1 aliphatic carbocycles. The van der Waals surface area contributed by atoms with Crippen LogP contribution in [0.15, 0.2) is 0 Å². The van der Waals surface area contributed by atoms with Crippen molar-refractivity contribution in [2.24, 2.45) is 0 Å². The minimum Gasteiger partial charge on any atom is -0.443 e. The maximum atomic E-state index is 11.0. The van der Waals surface area contributed by atoms with Crippen LogP contribution in [0.4, 0.5) is 4.79 Å². The zero-order chi connectivity index (χ0) is 9.68. The first-order valence-corrected chi connectivity index (χ1v) is 4.86. The standard InChI is InChI=1S/C9H17NO3/c1-2-10-9(12)13-8-6-4-3-5-7(8)11/h7-8,11H,2-6H2,1H3,(H,10,12)/t7-,8+/m0/s1. The average Bonchev–Trinajstić information content (AvgIpc) is 2.09. The van der Waals surface area contributed by atoms with Gasteiger partial charge in [-0.15, -0.1) is 0 Å². The van der Waals surface area contributed by atoms with Crippen LogP contribution < -0.4 is 5.32 Å². The Morgan fingerprint density at radius 3 is 2.85 bits per heavy atom. The average molecular weight is 187 g/mol. The summed E-state index contributed by atoms with van der Waals surface area (Å²) in [4.78, 5) is 11.0. The second-order valence-corrected chi connectivity index (χ2v) is 3.33. The minimum atomic E-state index is -0.476. The van der Waals surface area contributed by atoms with Crippen molar-refractivity contribution in [1.29, 1.82) is 0 Å². The molecule has 76 valence electrons. The maximum absolute atomic E-state index is 11.0. The molecule has 0 saturated heterocycles. The van der Waals surface area contributed by atoms with E-state index >= 15 is 0 Å². The number of hydrogen-bond acceptors (Lipinski definition) is 3. The topological polar surface area (TPSA) is 58.6 Å². The Morgan fingerprint density at radius 2 is 2.23 bits per heavy atom. The number of amides is 1. The molecule has 0 heterocycles. The van der Waals surface area contributed by atoms with Gasteiger partial charge in [-0.3, -0.25) is 0 Å². The molecule has 1 rings (SSSR count). The van der Waals surface area contributed by atoms with Gasteiger partial charge in [0.15, 0.2) is 0 Å². The molecule has 0 aromatic rings. The van der Waals surface area contributed by atoms with Crippen molar-refractivity contribution in [1.82, 2.24) is 5.32 Å². The lowest BCUT2D eigenvalue weighted by Crippen LogP contribution is -2.37. The van der Waals surface area contributed by atoms with Crippen LogP contribution in [0.5, 0.6) is 0 Å². The normalized spacial score (nSPS) is 28.2. The molecular formula is C9H17NO3. The second kappa shape index (κ2) is 5.07. The third-order valence-corrected chi connectivity index (χ3v) is 2.25. The Labute approximate surface area is 78.3 Å². The third kappa shape index (κ3) is 3.22. The van der Waals surface area contributed by atoms with Crippen LogP contribution >= 0.6 is 0 Å². The number of carbonyl (C=O) groups is 1. The zero-order valence-corrected chi connectivity index (χ0v) is 7.95. The lowest BCUT2D eigenvalue weighted by atomic mass is 9.95. The van der Waals surface area contributed by atoms with E-state index in [1.807, 2.05) is 6.92 Å². The molecule has 0 aromatic carbocycles. The molecule has 0 aromatic heterocycles. The van der Waals surface area contributed by atoms with Gasteiger partial charge in [0.1, 0.15) is 6.10 Å². The van der Waals surface area contributed by atoms with E-state index in [9.17, 15) is 9.90 Å². The summed E-state index contributed by atoms with van der Waals surface area (Å²) in [7, 11) is 0. The maximum Gasteiger partial charge on any atom is 0.407 e. The predicted octanol–water partition coefficient (Wildman–Crippen LogP) is 1.04. The second-order valence-electron chi connectivity index (χ2n) is 3.33. The van der Waals surface area contributed by atoms with Crippen molar-refractivity contribution in [2.45, 2.75) is 44.8 Å². The van der Waals surface area contributed by atoms with Crippen LogP contribution in [0.1, 0.15) is 32.6 Å². The molecule has 1 fully saturated rings. The highest BCUT2D eigenvalue weighted by molar-refractivity contribution is 5.67. The Hall–Kier alpha value is -0.770. The lowest BCUT2D eigenvalue weighted by molar-refractivity contribution is -0.0209. The summed E-state index contributed by atoms with van der Waals surface area (Å²) in [5.74, 6) is 0. The molecule has 1 amide bonds. The fraction of sp³-hybridized carbons (Fsp3) is 0.889. The summed E-state index contributed by atoms with van der Waals surface area (Å²) in [5.41, 5.74) is 0. The number of hydrogen-bond donors (Lipinski definition) is 2. The summed E-state index contributed by atoms with van der Waals surface area (Å²) < 4.78 is 5.04.